The van der Waals surface area contributed by atoms with E-state index in [9.17, 15) is 4.79 Å². The van der Waals surface area contributed by atoms with Gasteiger partial charge in [-0.1, -0.05) is 25.1 Å². The zero-order valence-corrected chi connectivity index (χ0v) is 11.7. The minimum Gasteiger partial charge on any atom is -0.368 e. The third kappa shape index (κ3) is 2.89. The topological polar surface area (TPSA) is 58.4 Å². The number of nitrogens with one attached hydrogen (secondary N) is 1. The fraction of sp³-hybridized carbons (Fsp3) is 0.533. The summed E-state index contributed by atoms with van der Waals surface area (Å²) in [4.78, 5) is 14.1. The molecule has 1 aliphatic rings. The molecular weight excluding hydrogens is 238 g/mol. The van der Waals surface area contributed by atoms with Gasteiger partial charge in [-0.2, -0.15) is 0 Å². The van der Waals surface area contributed by atoms with Crippen molar-refractivity contribution in [3.05, 3.63) is 29.8 Å². The first-order chi connectivity index (χ1) is 9.15. The second kappa shape index (κ2) is 6.06. The molecule has 3 N–H and O–H groups in total. The molecule has 1 aliphatic heterocycles. The maximum absolute atomic E-state index is 11.7. The number of anilines is 1. The van der Waals surface area contributed by atoms with Crippen LogP contribution >= 0.6 is 0 Å². The van der Waals surface area contributed by atoms with Crippen molar-refractivity contribution in [1.29, 1.82) is 0 Å². The number of aryl methyl sites for hydroxylation is 1. The zero-order chi connectivity index (χ0) is 13.8. The van der Waals surface area contributed by atoms with E-state index in [-0.39, 0.29) is 17.9 Å². The van der Waals surface area contributed by atoms with Crippen LogP contribution < -0.4 is 16.2 Å². The van der Waals surface area contributed by atoms with Crippen molar-refractivity contribution in [2.75, 3.05) is 11.4 Å². The molecular formula is C15H23N3O. The quantitative estimate of drug-likeness (QED) is 0.496. The minimum atomic E-state index is -0.129. The summed E-state index contributed by atoms with van der Waals surface area (Å²) in [5.41, 5.74) is 4.91. The number of carbonyl (C=O) groups is 1. The van der Waals surface area contributed by atoms with E-state index in [0.717, 1.165) is 19.4 Å². The van der Waals surface area contributed by atoms with Gasteiger partial charge in [-0.05, 0) is 37.8 Å². The van der Waals surface area contributed by atoms with E-state index in [1.807, 2.05) is 6.92 Å². The highest BCUT2D eigenvalue weighted by Crippen LogP contribution is 2.29. The lowest BCUT2D eigenvalue weighted by molar-refractivity contribution is -0.125. The fourth-order valence-electron chi connectivity index (χ4n) is 2.76. The number of nitrogens with two attached hydrogens (primary N) is 1. The third-order valence-corrected chi connectivity index (χ3v) is 4.17. The van der Waals surface area contributed by atoms with Crippen molar-refractivity contribution in [3.63, 3.8) is 0 Å². The van der Waals surface area contributed by atoms with Crippen LogP contribution in [0.2, 0.25) is 0 Å². The number of para-hydroxylation sites is 1. The Morgan fingerprint density at radius 1 is 1.32 bits per heavy atom. The predicted molar refractivity (Wildman–Crippen MR) is 77.7 cm³/mol. The number of hydrogen-bond acceptors (Lipinski definition) is 3. The molecule has 1 heterocycles. The molecule has 0 radical (unpaired) electrons. The Hall–Kier alpha value is -1.55. The molecule has 19 heavy (non-hydrogen) atoms. The van der Waals surface area contributed by atoms with Crippen LogP contribution in [0, 0.1) is 5.92 Å². The van der Waals surface area contributed by atoms with Crippen molar-refractivity contribution in [2.45, 2.75) is 39.2 Å². The number of amides is 1. The van der Waals surface area contributed by atoms with Crippen LogP contribution in [0.3, 0.4) is 0 Å². The molecule has 2 unspecified atom stereocenters. The molecule has 2 atom stereocenters. The van der Waals surface area contributed by atoms with Crippen molar-refractivity contribution < 1.29 is 4.79 Å². The van der Waals surface area contributed by atoms with E-state index in [2.05, 4.69) is 41.5 Å². The second-order valence-electron chi connectivity index (χ2n) is 5.32. The summed E-state index contributed by atoms with van der Waals surface area (Å²) in [5.74, 6) is 5.02. The van der Waals surface area contributed by atoms with Crippen molar-refractivity contribution in [2.24, 2.45) is 11.8 Å². The summed E-state index contributed by atoms with van der Waals surface area (Å²) in [7, 11) is 0. The monoisotopic (exact) mass is 261 g/mol. The number of benzene rings is 1. The Morgan fingerprint density at radius 2 is 2.05 bits per heavy atom. The molecule has 0 aliphatic carbocycles. The van der Waals surface area contributed by atoms with E-state index < -0.39 is 0 Å². The fourth-order valence-corrected chi connectivity index (χ4v) is 2.76. The Bertz CT molecular complexity index is 447. The number of carbonyl (C=O) groups excluding carboxylic acids is 1. The average molecular weight is 261 g/mol. The van der Waals surface area contributed by atoms with Gasteiger partial charge in [0.1, 0.15) is 0 Å². The smallest absolute Gasteiger partial charge is 0.238 e. The summed E-state index contributed by atoms with van der Waals surface area (Å²) in [6, 6.07) is 8.64. The van der Waals surface area contributed by atoms with Gasteiger partial charge in [0.15, 0.2) is 0 Å². The van der Waals surface area contributed by atoms with E-state index in [0.29, 0.717) is 0 Å². The third-order valence-electron chi connectivity index (χ3n) is 4.17. The number of hydrogen-bond donors (Lipinski definition) is 2. The number of fused-ring (bicyclic) bond motifs is 1. The first-order valence-corrected chi connectivity index (χ1v) is 7.00. The molecule has 0 aromatic heterocycles. The molecule has 0 bridgehead atoms. The first-order valence-electron chi connectivity index (χ1n) is 7.00. The molecule has 0 fully saturated rings. The van der Waals surface area contributed by atoms with Crippen LogP contribution in [0.1, 0.15) is 32.3 Å². The first kappa shape index (κ1) is 13.9. The summed E-state index contributed by atoms with van der Waals surface area (Å²) >= 11 is 0. The standard InChI is InChI=1S/C15H23N3O/c1-11(15(19)17-16)12(2)18-10-6-5-8-13-7-3-4-9-14(13)18/h3-4,7,9,11-12H,5-6,8,10,16H2,1-2H3,(H,17,19). The van der Waals surface area contributed by atoms with Gasteiger partial charge in [-0.3, -0.25) is 10.2 Å². The summed E-state index contributed by atoms with van der Waals surface area (Å²) < 4.78 is 0. The normalized spacial score (nSPS) is 18.2. The lowest BCUT2D eigenvalue weighted by atomic mass is 9.99. The largest absolute Gasteiger partial charge is 0.368 e. The lowest BCUT2D eigenvalue weighted by Crippen LogP contribution is -2.46. The zero-order valence-electron chi connectivity index (χ0n) is 11.7. The van der Waals surface area contributed by atoms with Crippen LogP contribution in [0.25, 0.3) is 0 Å². The highest BCUT2D eigenvalue weighted by molar-refractivity contribution is 5.79. The molecule has 104 valence electrons. The number of rotatable bonds is 3. The molecule has 0 spiro atoms. The number of nitrogens with zero attached hydrogens (tertiary/aromatic N) is 1. The highest BCUT2D eigenvalue weighted by Gasteiger charge is 2.27. The van der Waals surface area contributed by atoms with Gasteiger partial charge < -0.3 is 4.90 Å². The van der Waals surface area contributed by atoms with Gasteiger partial charge in [0.2, 0.25) is 5.91 Å². The number of hydrazine groups is 1. The lowest BCUT2D eigenvalue weighted by Gasteiger charge is -2.34. The molecule has 2 rings (SSSR count). The Morgan fingerprint density at radius 3 is 2.79 bits per heavy atom. The van der Waals surface area contributed by atoms with Crippen LogP contribution in [-0.4, -0.2) is 18.5 Å². The van der Waals surface area contributed by atoms with Gasteiger partial charge in [-0.15, -0.1) is 0 Å². The van der Waals surface area contributed by atoms with Gasteiger partial charge in [0.05, 0.1) is 5.92 Å². The SMILES string of the molecule is CC(C(=O)NN)C(C)N1CCCCc2ccccc21. The van der Waals surface area contributed by atoms with E-state index in [1.54, 1.807) is 0 Å². The van der Waals surface area contributed by atoms with Crippen molar-refractivity contribution in [1.82, 2.24) is 5.43 Å². The van der Waals surface area contributed by atoms with E-state index >= 15 is 0 Å². The Labute approximate surface area is 114 Å². The maximum Gasteiger partial charge on any atom is 0.238 e. The molecule has 0 saturated carbocycles. The minimum absolute atomic E-state index is 0.103. The van der Waals surface area contributed by atoms with Crippen LogP contribution in [-0.2, 0) is 11.2 Å². The molecule has 1 aromatic carbocycles. The predicted octanol–water partition coefficient (Wildman–Crippen LogP) is 1.84. The maximum atomic E-state index is 11.7. The van der Waals surface area contributed by atoms with Gasteiger partial charge in [0, 0.05) is 18.3 Å². The van der Waals surface area contributed by atoms with Crippen LogP contribution in [0.5, 0.6) is 0 Å². The van der Waals surface area contributed by atoms with Crippen molar-refractivity contribution >= 4 is 11.6 Å². The van der Waals surface area contributed by atoms with Gasteiger partial charge in [-0.25, -0.2) is 5.84 Å². The second-order valence-corrected chi connectivity index (χ2v) is 5.32. The summed E-state index contributed by atoms with van der Waals surface area (Å²) in [6.45, 7) is 5.03. The van der Waals surface area contributed by atoms with Crippen LogP contribution in [0.15, 0.2) is 24.3 Å². The van der Waals surface area contributed by atoms with Crippen molar-refractivity contribution in [3.8, 4) is 0 Å². The molecule has 0 saturated heterocycles. The van der Waals surface area contributed by atoms with Gasteiger partial charge in [0.25, 0.3) is 0 Å². The van der Waals surface area contributed by atoms with Crippen LogP contribution in [0.4, 0.5) is 5.69 Å². The molecule has 1 aromatic rings. The molecule has 4 heteroatoms. The average Bonchev–Trinajstić information content (AvgIpc) is 2.67. The van der Waals surface area contributed by atoms with Gasteiger partial charge >= 0.3 is 0 Å². The molecule has 4 nitrogen and oxygen atoms in total. The highest BCUT2D eigenvalue weighted by atomic mass is 16.2. The Kier molecular flexibility index (Phi) is 4.43. The summed E-state index contributed by atoms with van der Waals surface area (Å²) in [6.07, 6.45) is 3.49. The Balaban J connectivity index is 2.26. The molecule has 1 amide bonds. The van der Waals surface area contributed by atoms with E-state index in [4.69, 9.17) is 5.84 Å². The van der Waals surface area contributed by atoms with E-state index in [1.165, 1.54) is 17.7 Å². The summed E-state index contributed by atoms with van der Waals surface area (Å²) in [5, 5.41) is 0.